The maximum Gasteiger partial charge on any atom is 0.0851 e. The van der Waals surface area contributed by atoms with Crippen LogP contribution in [0.2, 0.25) is 0 Å². The summed E-state index contributed by atoms with van der Waals surface area (Å²) in [7, 11) is 0. The number of benzene rings is 1. The van der Waals surface area contributed by atoms with Gasteiger partial charge in [0.25, 0.3) is 0 Å². The molecule has 7 aromatic rings. The average molecular weight is 1040 g/mol. The minimum absolute atomic E-state index is 0.843. The van der Waals surface area contributed by atoms with Crippen LogP contribution in [0.5, 0.6) is 0 Å². The van der Waals surface area contributed by atoms with Crippen molar-refractivity contribution >= 4 is 77.9 Å². The molecule has 0 saturated carbocycles. The van der Waals surface area contributed by atoms with E-state index in [4.69, 9.17) is 9.97 Å². The van der Waals surface area contributed by atoms with Crippen molar-refractivity contribution < 1.29 is 0 Å². The van der Waals surface area contributed by atoms with Crippen molar-refractivity contribution in [3.05, 3.63) is 133 Å². The maximum absolute atomic E-state index is 5.64. The van der Waals surface area contributed by atoms with Crippen LogP contribution in [0.3, 0.4) is 0 Å². The van der Waals surface area contributed by atoms with Crippen molar-refractivity contribution in [1.82, 2.24) is 24.9 Å². The molecule has 8 bridgehead atoms. The van der Waals surface area contributed by atoms with Crippen LogP contribution >= 0.6 is 22.7 Å². The van der Waals surface area contributed by atoms with Gasteiger partial charge in [-0.1, -0.05) is 120 Å². The highest BCUT2D eigenvalue weighted by molar-refractivity contribution is 7.24. The maximum atomic E-state index is 5.64. The van der Waals surface area contributed by atoms with E-state index in [1.807, 2.05) is 34.9 Å². The number of aryl methyl sites for hydroxylation is 6. The summed E-state index contributed by atoms with van der Waals surface area (Å²) in [6.45, 7) is 22.8. The molecule has 6 aromatic heterocycles. The van der Waals surface area contributed by atoms with Crippen LogP contribution in [0.1, 0.15) is 213 Å². The van der Waals surface area contributed by atoms with Gasteiger partial charge < -0.3 is 9.97 Å². The van der Waals surface area contributed by atoms with Gasteiger partial charge in [-0.3, -0.25) is 4.98 Å². The van der Waals surface area contributed by atoms with Gasteiger partial charge in [0.1, 0.15) is 0 Å². The number of thiophene rings is 2. The Morgan fingerprint density at radius 2 is 0.987 bits per heavy atom. The highest BCUT2D eigenvalue weighted by atomic mass is 32.1. The number of H-pyrrole nitrogens is 2. The van der Waals surface area contributed by atoms with Crippen LogP contribution < -0.4 is 0 Å². The van der Waals surface area contributed by atoms with Gasteiger partial charge in [-0.25, -0.2) is 9.97 Å². The topological polar surface area (TPSA) is 70.2 Å². The number of unbranched alkanes of at least 4 members (excludes halogenated alkanes) is 6. The summed E-state index contributed by atoms with van der Waals surface area (Å²) in [5, 5.41) is 1.18. The molecule has 7 heteroatoms. The lowest BCUT2D eigenvalue weighted by Gasteiger charge is -2.08. The molecule has 0 fully saturated rings. The molecule has 9 rings (SSSR count). The van der Waals surface area contributed by atoms with E-state index in [0.717, 1.165) is 120 Å². The molecular formula is C69H79N5S2. The second kappa shape index (κ2) is 25.3. The number of fused-ring (bicyclic) bond motifs is 9. The third kappa shape index (κ3) is 11.1. The number of aromatic amines is 2. The van der Waals surface area contributed by atoms with E-state index in [1.54, 1.807) is 0 Å². The summed E-state index contributed by atoms with van der Waals surface area (Å²) in [4.78, 5) is 28.9. The molecule has 5 nitrogen and oxygen atoms in total. The Morgan fingerprint density at radius 3 is 1.53 bits per heavy atom. The van der Waals surface area contributed by atoms with Crippen molar-refractivity contribution in [3.8, 4) is 43.9 Å². The van der Waals surface area contributed by atoms with Crippen LogP contribution in [0.4, 0.5) is 0 Å². The number of hydrogen-bond acceptors (Lipinski definition) is 5. The normalized spacial score (nSPS) is 12.4. The van der Waals surface area contributed by atoms with Gasteiger partial charge in [0.15, 0.2) is 0 Å². The second-order valence-electron chi connectivity index (χ2n) is 20.5. The third-order valence-corrected chi connectivity index (χ3v) is 18.4. The summed E-state index contributed by atoms with van der Waals surface area (Å²) in [6, 6.07) is 22.9. The van der Waals surface area contributed by atoms with E-state index in [9.17, 15) is 0 Å². The van der Waals surface area contributed by atoms with Crippen molar-refractivity contribution in [2.45, 2.75) is 185 Å². The summed E-state index contributed by atoms with van der Waals surface area (Å²) >= 11 is 3.77. The van der Waals surface area contributed by atoms with Crippen LogP contribution in [-0.2, 0) is 38.5 Å². The predicted octanol–water partition coefficient (Wildman–Crippen LogP) is 19.7. The molecule has 2 N–H and O–H groups in total. The Kier molecular flexibility index (Phi) is 18.1. The van der Waals surface area contributed by atoms with Gasteiger partial charge in [0.2, 0.25) is 0 Å². The molecule has 0 atom stereocenters. The van der Waals surface area contributed by atoms with Gasteiger partial charge in [-0.2, -0.15) is 0 Å². The highest BCUT2D eigenvalue weighted by Crippen LogP contribution is 2.45. The molecule has 1 aromatic carbocycles. The van der Waals surface area contributed by atoms with Gasteiger partial charge in [-0.15, -0.1) is 22.7 Å². The van der Waals surface area contributed by atoms with Crippen LogP contribution in [0.25, 0.3) is 75.5 Å². The lowest BCUT2D eigenvalue weighted by molar-refractivity contribution is 0.667. The first-order valence-electron chi connectivity index (χ1n) is 29.1. The first kappa shape index (κ1) is 54.5. The second-order valence-corrected chi connectivity index (χ2v) is 22.6. The number of nitrogens with zero attached hydrogens (tertiary/aromatic N) is 3. The molecule has 0 radical (unpaired) electrons. The molecule has 392 valence electrons. The van der Waals surface area contributed by atoms with E-state index in [2.05, 4.69) is 162 Å². The number of hydrogen-bond donors (Lipinski definition) is 2. The summed E-state index contributed by atoms with van der Waals surface area (Å²) in [5.74, 6) is 14.3. The fourth-order valence-electron chi connectivity index (χ4n) is 12.0. The minimum atomic E-state index is 0.843. The molecule has 2 aliphatic rings. The average Bonchev–Trinajstić information content (AvgIpc) is 4.32. The van der Waals surface area contributed by atoms with Gasteiger partial charge in [0, 0.05) is 48.3 Å². The standard InChI is InChI=1S/C69H79N5S2/c1-11-21-23-25-30-45-39-65(66-40-46(31-26-24-22-12-2)69(76-66)47-35-36-57-44(38-47)32-29-37-70-57)75-64(45)34-28-27-33-56-67-54(19-9)52(17-7)62(73-67)42-60-50(15-5)48(13-3)58(71-60)41-59-49(14-4)51(16-6)61(72-59)43-63-53(18-8)55(20-10)68(56)74-63/h29,32,35-43,71-72H,11-26,30-31H2,1-10H3. The van der Waals surface area contributed by atoms with Crippen LogP contribution in [-0.4, -0.2) is 24.9 Å². The van der Waals surface area contributed by atoms with Crippen molar-refractivity contribution in [2.75, 3.05) is 0 Å². The van der Waals surface area contributed by atoms with E-state index in [-0.39, 0.29) is 0 Å². The zero-order valence-corrected chi connectivity index (χ0v) is 48.9. The van der Waals surface area contributed by atoms with E-state index in [0.29, 0.717) is 0 Å². The first-order valence-corrected chi connectivity index (χ1v) is 30.8. The van der Waals surface area contributed by atoms with Crippen molar-refractivity contribution in [1.29, 1.82) is 0 Å². The van der Waals surface area contributed by atoms with Gasteiger partial charge >= 0.3 is 0 Å². The SMILES string of the molecule is CCCCCCc1cc(-c2cc(CCCCCC)c(-c3ccc4ncccc4c3)s2)sc1C#CC#Cc1c2nc(cc3[nH]c(cc4[nH]c(cc5nc1C(CC)=C5CC)c(CC)c4CC)c(CC)c3CC)C(CC)=C2CC. The summed E-state index contributed by atoms with van der Waals surface area (Å²) < 4.78 is 0. The Labute approximate surface area is 462 Å². The fraction of sp³-hybridized carbons (Fsp3) is 0.406. The fourth-order valence-corrected chi connectivity index (χ4v) is 14.4. The van der Waals surface area contributed by atoms with Crippen molar-refractivity contribution in [2.24, 2.45) is 0 Å². The Morgan fingerprint density at radius 1 is 0.474 bits per heavy atom. The zero-order valence-electron chi connectivity index (χ0n) is 47.2. The Bertz CT molecular complexity index is 3510. The van der Waals surface area contributed by atoms with Crippen molar-refractivity contribution in [3.63, 3.8) is 0 Å². The lowest BCUT2D eigenvalue weighted by Crippen LogP contribution is -1.95. The zero-order chi connectivity index (χ0) is 53.3. The van der Waals surface area contributed by atoms with E-state index in [1.165, 1.54) is 137 Å². The molecule has 2 aliphatic heterocycles. The number of pyridine rings is 1. The summed E-state index contributed by atoms with van der Waals surface area (Å²) in [6.07, 6.45) is 21.0. The smallest absolute Gasteiger partial charge is 0.0851 e. The van der Waals surface area contributed by atoms with Crippen LogP contribution in [0.15, 0.2) is 66.9 Å². The molecule has 0 spiro atoms. The highest BCUT2D eigenvalue weighted by Gasteiger charge is 2.27. The molecule has 0 aliphatic carbocycles. The molecule has 8 heterocycles. The monoisotopic (exact) mass is 1040 g/mol. The number of aromatic nitrogens is 5. The molecule has 0 saturated heterocycles. The van der Waals surface area contributed by atoms with Gasteiger partial charge in [0.05, 0.1) is 38.7 Å². The third-order valence-electron chi connectivity index (χ3n) is 15.9. The largest absolute Gasteiger partial charge is 0.355 e. The number of allylic oxidation sites excluding steroid dienone is 4. The first-order chi connectivity index (χ1) is 37.2. The van der Waals surface area contributed by atoms with Gasteiger partial charge in [-0.05, 0) is 210 Å². The quantitative estimate of drug-likeness (QED) is 0.0590. The molecule has 0 unspecified atom stereocenters. The Hall–Kier alpha value is -6.25. The minimum Gasteiger partial charge on any atom is -0.355 e. The lowest BCUT2D eigenvalue weighted by atomic mass is 9.94. The Balaban J connectivity index is 1.24. The molecule has 0 amide bonds. The molecule has 76 heavy (non-hydrogen) atoms. The number of rotatable bonds is 20. The number of nitrogens with one attached hydrogen (secondary N) is 2. The predicted molar refractivity (Wildman–Crippen MR) is 331 cm³/mol. The van der Waals surface area contributed by atoms with E-state index >= 15 is 0 Å². The molecular weight excluding hydrogens is 963 g/mol. The summed E-state index contributed by atoms with van der Waals surface area (Å²) in [5.41, 5.74) is 25.1. The van der Waals surface area contributed by atoms with E-state index < -0.39 is 0 Å². The van der Waals surface area contributed by atoms with Crippen LogP contribution in [0, 0.1) is 23.7 Å².